The van der Waals surface area contributed by atoms with Crippen LogP contribution in [0.25, 0.3) is 0 Å². The maximum atomic E-state index is 13.9. The van der Waals surface area contributed by atoms with Crippen LogP contribution in [0.15, 0.2) is 124 Å². The molecule has 142 heavy (non-hydrogen) atoms. The van der Waals surface area contributed by atoms with E-state index in [2.05, 4.69) is 39.0 Å². The predicted molar refractivity (Wildman–Crippen MR) is 566 cm³/mol. The smallest absolute Gasteiger partial charge is 1.00 e. The number of aliphatic hydroxyl groups excluding tert-OH is 4. The van der Waals surface area contributed by atoms with Crippen molar-refractivity contribution < 1.29 is 152 Å². The first-order valence-corrected chi connectivity index (χ1v) is 62.1. The van der Waals surface area contributed by atoms with Crippen LogP contribution in [0, 0.1) is 6.92 Å². The number of ketones is 4. The van der Waals surface area contributed by atoms with Gasteiger partial charge in [-0.15, -0.1) is 0 Å². The molecule has 0 saturated carbocycles. The largest absolute Gasteiger partial charge is 1.00 e. The van der Waals surface area contributed by atoms with Crippen LogP contribution in [0.5, 0.6) is 11.5 Å². The number of fused-ring (bicyclic) bond motifs is 3. The van der Waals surface area contributed by atoms with Gasteiger partial charge in [0.1, 0.15) is 35.3 Å². The number of sulfone groups is 5. The van der Waals surface area contributed by atoms with Gasteiger partial charge in [-0.2, -0.15) is 11.8 Å². The molecule has 10 heterocycles. The number of thioether (sulfide) groups is 1. The average molecular weight is 2160 g/mol. The second-order valence-electron chi connectivity index (χ2n) is 35.7. The minimum absolute atomic E-state index is 0. The second kappa shape index (κ2) is 59.9. The number of aliphatic hydroxyl groups is 4. The van der Waals surface area contributed by atoms with E-state index in [0.29, 0.717) is 98.3 Å². The SMILES string of the molecule is C.C.C.C1CCOC1.CCc1ccc2c(c1)CCC(CC)N2S(=O)(=O)c1ccc(C)c(C(C)=O)c1.CCc1ccc2c(c1)CCC(CC)N2S(=O)(=O)c1ccc(OC2CCS(=O)(=O)CC2)c(C(C)=O)c1.CCc1ccc2c(c1)CCC(CC)N2S(=O)(=O)c1ccc(OC2CCS(=O)(=O)CC2)c(CO)c1.CO.O=C1CCS(=O)(=O)CC1.O=C1CCSCC1.O=S1(=O)CCC(O)CC1.O=S1(=O)CCC(O)CC1.[B].[H-].[Na+]. The Kier molecular flexibility index (Phi) is 54.8. The first kappa shape index (κ1) is 130. The maximum Gasteiger partial charge on any atom is 1.00 e. The quantitative estimate of drug-likeness (QED) is 0.0432. The van der Waals surface area contributed by atoms with E-state index >= 15 is 0 Å². The van der Waals surface area contributed by atoms with Gasteiger partial charge in [0.15, 0.2) is 60.8 Å². The molecule has 10 aliphatic heterocycles. The van der Waals surface area contributed by atoms with Crippen LogP contribution < -0.4 is 51.9 Å². The van der Waals surface area contributed by atoms with Crippen LogP contribution in [-0.4, -0.2) is 251 Å². The van der Waals surface area contributed by atoms with Gasteiger partial charge in [0, 0.05) is 95.2 Å². The number of anilines is 3. The van der Waals surface area contributed by atoms with Gasteiger partial charge in [-0.1, -0.05) is 106 Å². The van der Waals surface area contributed by atoms with Crippen molar-refractivity contribution in [1.82, 2.24) is 0 Å². The third kappa shape index (κ3) is 37.8. The van der Waals surface area contributed by atoms with Gasteiger partial charge in [-0.3, -0.25) is 32.1 Å². The van der Waals surface area contributed by atoms with Crippen LogP contribution in [0.3, 0.4) is 0 Å². The number of sulfonamides is 3. The van der Waals surface area contributed by atoms with Crippen LogP contribution in [0.2, 0.25) is 0 Å². The molecular weight excluding hydrogens is 2010 g/mol. The van der Waals surface area contributed by atoms with Gasteiger partial charge in [-0.25, -0.2) is 67.3 Å². The van der Waals surface area contributed by atoms with Crippen LogP contribution >= 0.6 is 11.8 Å². The first-order valence-electron chi connectivity index (χ1n) is 47.6. The van der Waals surface area contributed by atoms with E-state index in [-0.39, 0.29) is 219 Å². The fourth-order valence-electron chi connectivity index (χ4n) is 17.3. The van der Waals surface area contributed by atoms with Crippen molar-refractivity contribution in [3.63, 3.8) is 0 Å². The van der Waals surface area contributed by atoms with Crippen LogP contribution in [0.4, 0.5) is 17.1 Å². The summed E-state index contributed by atoms with van der Waals surface area (Å²) in [7, 11) is -25.0. The molecule has 4 N–H and O–H groups in total. The molecule has 0 bridgehead atoms. The molecule has 30 nitrogen and oxygen atoms in total. The molecule has 41 heteroatoms. The van der Waals surface area contributed by atoms with Gasteiger partial charge in [0.05, 0.1) is 114 Å². The van der Waals surface area contributed by atoms with Crippen molar-refractivity contribution in [3.8, 4) is 11.5 Å². The fourth-order valence-corrected chi connectivity index (χ4v) is 30.8. The molecule has 793 valence electrons. The van der Waals surface area contributed by atoms with Gasteiger partial charge in [0.2, 0.25) is 0 Å². The molecule has 10 aliphatic rings. The summed E-state index contributed by atoms with van der Waals surface area (Å²) in [6.45, 7) is 18.6. The summed E-state index contributed by atoms with van der Waals surface area (Å²) in [4.78, 5) is 45.7. The van der Waals surface area contributed by atoms with E-state index in [1.54, 1.807) is 26.8 Å². The summed E-state index contributed by atoms with van der Waals surface area (Å²) >= 11 is 1.88. The van der Waals surface area contributed by atoms with E-state index in [1.807, 2.05) is 75.9 Å². The summed E-state index contributed by atoms with van der Waals surface area (Å²) in [6.07, 6.45) is 16.1. The standard InChI is InChI=1S/C26H33NO6S2.C25H33NO6S2.C22H27NO3S.2C5H10O3S.C5H8O3S.C5H8OS.C4H8O.CH4O.3CH4.B.Na.H/c1-4-19-6-10-25-20(16-19)7-8-21(5-2)27(25)35(31,32)23-9-11-26(24(17-23)18(3)28)33-22-12-14-34(29,30)15-13-22;1-3-18-5-9-24-19(15-18)6-7-21(4-2)26(24)34(30,31)23-8-10-25(20(16-23)17-27)32-22-11-13-33(28,29)14-12-22;1-5-17-8-12-22-18(13-17)9-10-19(6-2)23(22)27(25,26)20-11-7-15(3)21(14-20)16(4)24;3*6-5-1-3-9(7,8)4-2-5;6-5-1-3-7-4-2-5;1-2-4-5-3-1;1-2;;;;;;/h6,9-11,16-17,21-22H,4-5,7-8,12-15H2,1-3H3;5,8-10,15-16,21-22,27H,3-4,6-7,11-14,17H2,1-2H3;7-8,11-14,19H,5-6,9-10H2,1-4H3;2*5-6H,1-4H2;1-4H2;1-4H2;1-4H2;2H,1H3;3*1H4;;;/q;;;;;;;;;;;;;+1;-1. The summed E-state index contributed by atoms with van der Waals surface area (Å²) < 4.78 is 215. The number of ether oxygens (including phenoxy) is 3. The molecule has 0 aromatic heterocycles. The number of hydrogen-bond donors (Lipinski definition) is 4. The van der Waals surface area contributed by atoms with E-state index in [0.717, 1.165) is 143 Å². The van der Waals surface area contributed by atoms with Crippen LogP contribution in [0.1, 0.15) is 273 Å². The third-order valence-electron chi connectivity index (χ3n) is 25.7. The van der Waals surface area contributed by atoms with E-state index in [1.165, 1.54) is 84.1 Å². The summed E-state index contributed by atoms with van der Waals surface area (Å²) in [6, 6.07) is 31.5. The van der Waals surface area contributed by atoms with Gasteiger partial charge < -0.3 is 36.1 Å². The number of Topliss-reactive ketones (excluding diaryl/α,β-unsaturated/α-hetero) is 4. The Morgan fingerprint density at radius 3 is 1.01 bits per heavy atom. The topological polar surface area (TPSA) is 460 Å². The zero-order chi connectivity index (χ0) is 101. The summed E-state index contributed by atoms with van der Waals surface area (Å²) in [5.74, 6) is 3.89. The van der Waals surface area contributed by atoms with Crippen molar-refractivity contribution in [2.45, 2.75) is 315 Å². The monoisotopic (exact) mass is 2160 g/mol. The van der Waals surface area contributed by atoms with Crippen LogP contribution in [-0.2, 0) is 139 Å². The fraction of sp³-hybridized carbons (Fsp3) is 0.604. The Morgan fingerprint density at radius 2 is 0.718 bits per heavy atom. The molecule has 0 aliphatic carbocycles. The Balaban J connectivity index is 0.000000594. The molecule has 3 atom stereocenters. The number of nitrogens with zero attached hydrogens (tertiary/aromatic N) is 3. The normalized spacial score (nSPS) is 20.4. The van der Waals surface area contributed by atoms with E-state index in [4.69, 9.17) is 29.5 Å². The van der Waals surface area contributed by atoms with Crippen molar-refractivity contribution in [3.05, 3.63) is 165 Å². The second-order valence-corrected chi connectivity index (χ2v) is 53.9. The van der Waals surface area contributed by atoms with Crippen molar-refractivity contribution >= 4 is 140 Å². The first-order chi connectivity index (χ1) is 64.7. The number of hydrogen-bond acceptors (Lipinski definition) is 28. The van der Waals surface area contributed by atoms with Crippen molar-refractivity contribution in [1.29, 1.82) is 0 Å². The molecule has 3 unspecified atom stereocenters. The molecule has 16 rings (SSSR count). The Labute approximate surface area is 878 Å². The zero-order valence-electron chi connectivity index (χ0n) is 83.2. The van der Waals surface area contributed by atoms with E-state index in [9.17, 15) is 91.6 Å². The van der Waals surface area contributed by atoms with Crippen molar-refractivity contribution in [2.24, 2.45) is 0 Å². The molecule has 0 amide bonds. The summed E-state index contributed by atoms with van der Waals surface area (Å²) in [5, 5.41) is 34.7. The minimum Gasteiger partial charge on any atom is -1.00 e. The van der Waals surface area contributed by atoms with Gasteiger partial charge >= 0.3 is 29.6 Å². The number of carbonyl (C=O) groups is 4. The van der Waals surface area contributed by atoms with Gasteiger partial charge in [-0.05, 0) is 268 Å². The Morgan fingerprint density at radius 1 is 0.415 bits per heavy atom. The number of rotatable bonds is 19. The minimum atomic E-state index is -3.93. The average Bonchev–Trinajstić information content (AvgIpc) is 1.10. The third-order valence-corrected chi connectivity index (χ3v) is 40.8. The predicted octanol–water partition coefficient (Wildman–Crippen LogP) is 11.6. The molecule has 6 aromatic carbocycles. The molecule has 0 spiro atoms. The molecular formula is C101H154BN3NaO27S9. The molecule has 7 fully saturated rings. The Hall–Kier alpha value is -6.19. The molecule has 6 aromatic rings. The number of carbonyl (C=O) groups excluding carboxylic acids is 4. The van der Waals surface area contributed by atoms with Crippen molar-refractivity contribution in [2.75, 3.05) is 102 Å². The summed E-state index contributed by atoms with van der Waals surface area (Å²) in [5.41, 5.74) is 10.7. The van der Waals surface area contributed by atoms with Gasteiger partial charge in [0.25, 0.3) is 30.1 Å². The number of aryl methyl sites for hydroxylation is 7. The van der Waals surface area contributed by atoms with E-state index < -0.39 is 79.3 Å². The molecule has 7 saturated heterocycles. The zero-order valence-corrected chi connectivity index (χ0v) is 91.5. The Bertz CT molecular complexity index is 5990. The maximum absolute atomic E-state index is 13.9. The number of benzene rings is 6. The molecule has 3 radical (unpaired) electrons.